The number of methoxy groups -OCH3 is 2. The number of amides is 2. The summed E-state index contributed by atoms with van der Waals surface area (Å²) in [6.07, 6.45) is 1.36. The summed E-state index contributed by atoms with van der Waals surface area (Å²) in [5, 5.41) is 2.88. The third-order valence-electron chi connectivity index (χ3n) is 4.45. The largest absolute Gasteiger partial charge is 0.497 e. The van der Waals surface area contributed by atoms with E-state index in [1.54, 1.807) is 19.1 Å². The maximum atomic E-state index is 12.2. The first-order valence-corrected chi connectivity index (χ1v) is 9.30. The quantitative estimate of drug-likeness (QED) is 0.683. The van der Waals surface area contributed by atoms with Crippen molar-refractivity contribution in [3.05, 3.63) is 59.7 Å². The van der Waals surface area contributed by atoms with Gasteiger partial charge in [0.1, 0.15) is 11.5 Å². The molecule has 28 heavy (non-hydrogen) atoms. The van der Waals surface area contributed by atoms with Crippen molar-refractivity contribution < 1.29 is 19.1 Å². The van der Waals surface area contributed by atoms with E-state index in [0.29, 0.717) is 25.9 Å². The average Bonchev–Trinajstić information content (AvgIpc) is 2.71. The van der Waals surface area contributed by atoms with Crippen molar-refractivity contribution in [3.63, 3.8) is 0 Å². The number of rotatable bonds is 10. The van der Waals surface area contributed by atoms with Crippen molar-refractivity contribution in [2.75, 3.05) is 33.9 Å². The smallest absolute Gasteiger partial charge is 0.239 e. The number of nitrogens with zero attached hydrogens (tertiary/aromatic N) is 1. The molecule has 0 aliphatic rings. The van der Waals surface area contributed by atoms with E-state index in [0.717, 1.165) is 22.6 Å². The van der Waals surface area contributed by atoms with E-state index in [4.69, 9.17) is 9.47 Å². The standard InChI is InChI=1S/C22H28N2O4/c1-17(25)24(13-11-19-7-5-9-21(15-19)28-3)16-22(26)23-12-10-18-6-4-8-20(14-18)27-2/h4-9,14-15H,10-13,16H2,1-3H3,(H,23,26). The third-order valence-corrected chi connectivity index (χ3v) is 4.45. The lowest BCUT2D eigenvalue weighted by atomic mass is 10.1. The lowest BCUT2D eigenvalue weighted by Gasteiger charge is -2.20. The van der Waals surface area contributed by atoms with Gasteiger partial charge in [-0.25, -0.2) is 0 Å². The van der Waals surface area contributed by atoms with Crippen LogP contribution in [0, 0.1) is 0 Å². The first kappa shape index (κ1) is 21.3. The summed E-state index contributed by atoms with van der Waals surface area (Å²) in [5.41, 5.74) is 2.14. The maximum Gasteiger partial charge on any atom is 0.239 e. The van der Waals surface area contributed by atoms with Crippen LogP contribution in [0.4, 0.5) is 0 Å². The highest BCUT2D eigenvalue weighted by Gasteiger charge is 2.13. The molecule has 0 spiro atoms. The Labute approximate surface area is 166 Å². The fourth-order valence-electron chi connectivity index (χ4n) is 2.84. The number of carbonyl (C=O) groups excluding carboxylic acids is 2. The van der Waals surface area contributed by atoms with Crippen LogP contribution in [0.3, 0.4) is 0 Å². The first-order valence-electron chi connectivity index (χ1n) is 9.30. The predicted molar refractivity (Wildman–Crippen MR) is 109 cm³/mol. The van der Waals surface area contributed by atoms with E-state index in [-0.39, 0.29) is 18.4 Å². The van der Waals surface area contributed by atoms with Gasteiger partial charge in [0, 0.05) is 20.0 Å². The van der Waals surface area contributed by atoms with Gasteiger partial charge in [0.15, 0.2) is 0 Å². The maximum absolute atomic E-state index is 12.2. The molecule has 0 aliphatic heterocycles. The molecule has 2 amide bonds. The molecule has 150 valence electrons. The Morgan fingerprint density at radius 1 is 0.929 bits per heavy atom. The fraction of sp³-hybridized carbons (Fsp3) is 0.364. The van der Waals surface area contributed by atoms with Crippen LogP contribution < -0.4 is 14.8 Å². The minimum atomic E-state index is -0.163. The van der Waals surface area contributed by atoms with Crippen LogP contribution in [0.15, 0.2) is 48.5 Å². The lowest BCUT2D eigenvalue weighted by molar-refractivity contribution is -0.134. The SMILES string of the molecule is COc1cccc(CCNC(=O)CN(CCc2cccc(OC)c2)C(C)=O)c1. The van der Waals surface area contributed by atoms with Crippen molar-refractivity contribution in [1.82, 2.24) is 10.2 Å². The molecule has 0 aliphatic carbocycles. The zero-order valence-electron chi connectivity index (χ0n) is 16.7. The topological polar surface area (TPSA) is 67.9 Å². The summed E-state index contributed by atoms with van der Waals surface area (Å²) >= 11 is 0. The van der Waals surface area contributed by atoms with Crippen LogP contribution in [-0.4, -0.2) is 50.6 Å². The van der Waals surface area contributed by atoms with Gasteiger partial charge in [0.25, 0.3) is 0 Å². The molecule has 0 saturated heterocycles. The minimum Gasteiger partial charge on any atom is -0.497 e. The van der Waals surface area contributed by atoms with Gasteiger partial charge in [0.2, 0.25) is 11.8 Å². The Kier molecular flexibility index (Phi) is 8.34. The van der Waals surface area contributed by atoms with E-state index in [1.165, 1.54) is 6.92 Å². The monoisotopic (exact) mass is 384 g/mol. The average molecular weight is 384 g/mol. The van der Waals surface area contributed by atoms with E-state index in [2.05, 4.69) is 5.32 Å². The van der Waals surface area contributed by atoms with E-state index in [9.17, 15) is 9.59 Å². The van der Waals surface area contributed by atoms with Gasteiger partial charge >= 0.3 is 0 Å². The molecule has 2 aromatic rings. The highest BCUT2D eigenvalue weighted by molar-refractivity contribution is 5.83. The summed E-state index contributed by atoms with van der Waals surface area (Å²) in [6.45, 7) is 2.52. The van der Waals surface area contributed by atoms with Gasteiger partial charge < -0.3 is 19.7 Å². The van der Waals surface area contributed by atoms with E-state index < -0.39 is 0 Å². The molecule has 6 heteroatoms. The molecule has 1 N–H and O–H groups in total. The fourth-order valence-corrected chi connectivity index (χ4v) is 2.84. The van der Waals surface area contributed by atoms with Crippen molar-refractivity contribution in [2.24, 2.45) is 0 Å². The summed E-state index contributed by atoms with van der Waals surface area (Å²) in [5.74, 6) is 1.29. The summed E-state index contributed by atoms with van der Waals surface area (Å²) < 4.78 is 10.4. The van der Waals surface area contributed by atoms with Crippen LogP contribution in [0.5, 0.6) is 11.5 Å². The molecule has 0 radical (unpaired) electrons. The molecule has 0 bridgehead atoms. The summed E-state index contributed by atoms with van der Waals surface area (Å²) in [7, 11) is 3.25. The number of hydrogen-bond acceptors (Lipinski definition) is 4. The van der Waals surface area contributed by atoms with Gasteiger partial charge in [-0.15, -0.1) is 0 Å². The first-order chi connectivity index (χ1) is 13.5. The Hall–Kier alpha value is -3.02. The molecule has 0 fully saturated rings. The van der Waals surface area contributed by atoms with Crippen LogP contribution in [-0.2, 0) is 22.4 Å². The van der Waals surface area contributed by atoms with Crippen LogP contribution in [0.25, 0.3) is 0 Å². The van der Waals surface area contributed by atoms with Gasteiger partial charge in [-0.05, 0) is 48.2 Å². The second-order valence-corrected chi connectivity index (χ2v) is 6.49. The summed E-state index contributed by atoms with van der Waals surface area (Å²) in [4.78, 5) is 25.7. The Balaban J connectivity index is 1.80. The second-order valence-electron chi connectivity index (χ2n) is 6.49. The number of benzene rings is 2. The van der Waals surface area contributed by atoms with Gasteiger partial charge in [-0.3, -0.25) is 9.59 Å². The molecule has 0 aromatic heterocycles. The third kappa shape index (κ3) is 6.95. The molecule has 2 rings (SSSR count). The van der Waals surface area contributed by atoms with Crippen LogP contribution in [0.2, 0.25) is 0 Å². The lowest BCUT2D eigenvalue weighted by Crippen LogP contribution is -2.41. The van der Waals surface area contributed by atoms with Crippen molar-refractivity contribution in [2.45, 2.75) is 19.8 Å². The molecule has 0 unspecified atom stereocenters. The minimum absolute atomic E-state index is 0.0530. The number of carbonyl (C=O) groups is 2. The molecule has 0 atom stereocenters. The molecular weight excluding hydrogens is 356 g/mol. The highest BCUT2D eigenvalue weighted by Crippen LogP contribution is 2.14. The Bertz CT molecular complexity index is 792. The van der Waals surface area contributed by atoms with Crippen molar-refractivity contribution >= 4 is 11.8 Å². The van der Waals surface area contributed by atoms with Gasteiger partial charge in [0.05, 0.1) is 20.8 Å². The van der Waals surface area contributed by atoms with Crippen LogP contribution in [0.1, 0.15) is 18.1 Å². The Morgan fingerprint density at radius 3 is 2.04 bits per heavy atom. The Morgan fingerprint density at radius 2 is 1.50 bits per heavy atom. The molecule has 0 saturated carbocycles. The van der Waals surface area contributed by atoms with E-state index >= 15 is 0 Å². The van der Waals surface area contributed by atoms with Crippen LogP contribution >= 0.6 is 0 Å². The van der Waals surface area contributed by atoms with Gasteiger partial charge in [-0.2, -0.15) is 0 Å². The molecular formula is C22H28N2O4. The summed E-state index contributed by atoms with van der Waals surface area (Å²) in [6, 6.07) is 15.5. The zero-order chi connectivity index (χ0) is 20.4. The zero-order valence-corrected chi connectivity index (χ0v) is 16.7. The predicted octanol–water partition coefficient (Wildman–Crippen LogP) is 2.45. The number of ether oxygens (including phenoxy) is 2. The second kappa shape index (κ2) is 11.0. The van der Waals surface area contributed by atoms with E-state index in [1.807, 2.05) is 48.5 Å². The highest BCUT2D eigenvalue weighted by atomic mass is 16.5. The van der Waals surface area contributed by atoms with Crippen molar-refractivity contribution in [3.8, 4) is 11.5 Å². The van der Waals surface area contributed by atoms with Crippen molar-refractivity contribution in [1.29, 1.82) is 0 Å². The molecule has 0 heterocycles. The number of nitrogens with one attached hydrogen (secondary N) is 1. The number of hydrogen-bond donors (Lipinski definition) is 1. The molecule has 2 aromatic carbocycles. The van der Waals surface area contributed by atoms with Gasteiger partial charge in [-0.1, -0.05) is 24.3 Å². The molecule has 6 nitrogen and oxygen atoms in total. The normalized spacial score (nSPS) is 10.2.